The van der Waals surface area contributed by atoms with E-state index in [1.807, 2.05) is 20.8 Å². The van der Waals surface area contributed by atoms with Gasteiger partial charge in [0.1, 0.15) is 11.6 Å². The number of ketones is 1. The van der Waals surface area contributed by atoms with E-state index in [9.17, 15) is 24.6 Å². The summed E-state index contributed by atoms with van der Waals surface area (Å²) in [4.78, 5) is 27.3. The molecule has 0 aromatic heterocycles. The first-order valence-electron chi connectivity index (χ1n) is 13.3. The third-order valence-corrected chi connectivity index (χ3v) is 8.86. The zero-order valence-electron chi connectivity index (χ0n) is 23.0. The molecule has 3 aromatic rings. The highest BCUT2D eigenvalue weighted by Gasteiger charge is 2.41. The standard InChI is InChI=1S/C32H29FN4O3S/c1-18-7-10-23(37(39)40)15-28(18)36-27-5-4-6-29(38)31(27)30(26(16-34)32(36)35)25-14-21(19(2)13-20(25)3)17-41-24-11-8-22(33)9-12-24/h7-15,30H,4-6,17,35H2,1-3H3. The van der Waals surface area contributed by atoms with Gasteiger partial charge in [0.25, 0.3) is 5.69 Å². The van der Waals surface area contributed by atoms with Gasteiger partial charge >= 0.3 is 0 Å². The Kier molecular flexibility index (Phi) is 7.70. The van der Waals surface area contributed by atoms with Crippen molar-refractivity contribution >= 4 is 28.9 Å². The van der Waals surface area contributed by atoms with E-state index < -0.39 is 10.8 Å². The van der Waals surface area contributed by atoms with E-state index in [-0.39, 0.29) is 28.7 Å². The van der Waals surface area contributed by atoms with Gasteiger partial charge in [-0.15, -0.1) is 11.8 Å². The third kappa shape index (κ3) is 5.23. The minimum absolute atomic E-state index is 0.0493. The van der Waals surface area contributed by atoms with E-state index in [0.717, 1.165) is 32.7 Å². The molecule has 3 aromatic carbocycles. The normalized spacial score (nSPS) is 17.0. The number of carbonyl (C=O) groups excluding carboxylic acids is 1. The Morgan fingerprint density at radius 2 is 1.80 bits per heavy atom. The molecule has 0 amide bonds. The van der Waals surface area contributed by atoms with Gasteiger partial charge in [-0.25, -0.2) is 4.39 Å². The molecule has 9 heteroatoms. The van der Waals surface area contributed by atoms with Crippen LogP contribution in [0.4, 0.5) is 15.8 Å². The summed E-state index contributed by atoms with van der Waals surface area (Å²) in [6.07, 6.45) is 1.53. The molecule has 1 aliphatic heterocycles. The fraction of sp³-hybridized carbons (Fsp3) is 0.250. The average Bonchev–Trinajstić information content (AvgIpc) is 2.94. The van der Waals surface area contributed by atoms with Crippen LogP contribution in [0.1, 0.15) is 53.0 Å². The third-order valence-electron chi connectivity index (χ3n) is 7.80. The Morgan fingerprint density at radius 1 is 1.07 bits per heavy atom. The maximum absolute atomic E-state index is 13.6. The number of hydrogen-bond donors (Lipinski definition) is 1. The first-order valence-corrected chi connectivity index (χ1v) is 14.3. The van der Waals surface area contributed by atoms with Gasteiger partial charge in [-0.2, -0.15) is 5.26 Å². The number of nitrogens with zero attached hydrogens (tertiary/aromatic N) is 3. The summed E-state index contributed by atoms with van der Waals surface area (Å²) in [5, 5.41) is 22.0. The largest absolute Gasteiger partial charge is 0.384 e. The van der Waals surface area contributed by atoms with Gasteiger partial charge in [-0.1, -0.05) is 18.2 Å². The van der Waals surface area contributed by atoms with Crippen molar-refractivity contribution in [1.29, 1.82) is 5.26 Å². The van der Waals surface area contributed by atoms with Crippen LogP contribution in [-0.4, -0.2) is 10.7 Å². The lowest BCUT2D eigenvalue weighted by Gasteiger charge is -2.40. The molecule has 208 valence electrons. The molecule has 41 heavy (non-hydrogen) atoms. The van der Waals surface area contributed by atoms with Crippen molar-refractivity contribution in [3.8, 4) is 6.07 Å². The smallest absolute Gasteiger partial charge is 0.271 e. The number of allylic oxidation sites excluding steroid dienone is 3. The lowest BCUT2D eigenvalue weighted by atomic mass is 9.74. The van der Waals surface area contributed by atoms with Gasteiger partial charge < -0.3 is 5.73 Å². The number of anilines is 1. The zero-order valence-corrected chi connectivity index (χ0v) is 23.8. The van der Waals surface area contributed by atoms with Crippen molar-refractivity contribution in [2.75, 3.05) is 4.90 Å². The van der Waals surface area contributed by atoms with Gasteiger partial charge in [0.2, 0.25) is 0 Å². The second kappa shape index (κ2) is 11.2. The molecular weight excluding hydrogens is 539 g/mol. The van der Waals surface area contributed by atoms with Crippen molar-refractivity contribution in [2.45, 2.75) is 56.6 Å². The molecule has 0 saturated heterocycles. The minimum Gasteiger partial charge on any atom is -0.384 e. The van der Waals surface area contributed by atoms with Crippen molar-refractivity contribution in [2.24, 2.45) is 5.73 Å². The predicted molar refractivity (Wildman–Crippen MR) is 158 cm³/mol. The fourth-order valence-electron chi connectivity index (χ4n) is 5.70. The molecule has 0 saturated carbocycles. The number of aryl methyl sites for hydroxylation is 3. The topological polar surface area (TPSA) is 113 Å². The number of hydrogen-bond acceptors (Lipinski definition) is 7. The summed E-state index contributed by atoms with van der Waals surface area (Å²) in [5.74, 6) is -0.182. The van der Waals surface area contributed by atoms with Gasteiger partial charge in [-0.3, -0.25) is 19.8 Å². The van der Waals surface area contributed by atoms with Gasteiger partial charge in [0, 0.05) is 40.5 Å². The predicted octanol–water partition coefficient (Wildman–Crippen LogP) is 7.26. The lowest BCUT2D eigenvalue weighted by molar-refractivity contribution is -0.384. The zero-order chi connectivity index (χ0) is 29.4. The van der Waals surface area contributed by atoms with Crippen LogP contribution >= 0.6 is 11.8 Å². The minimum atomic E-state index is -0.645. The van der Waals surface area contributed by atoms with E-state index in [0.29, 0.717) is 42.0 Å². The molecule has 1 unspecified atom stereocenters. The van der Waals surface area contributed by atoms with E-state index >= 15 is 0 Å². The van der Waals surface area contributed by atoms with Crippen LogP contribution in [-0.2, 0) is 10.5 Å². The van der Waals surface area contributed by atoms with Crippen molar-refractivity contribution < 1.29 is 14.1 Å². The number of carbonyl (C=O) groups is 1. The highest BCUT2D eigenvalue weighted by Crippen LogP contribution is 2.48. The first kappa shape index (κ1) is 28.1. The summed E-state index contributed by atoms with van der Waals surface area (Å²) in [5.41, 5.74) is 13.2. The highest BCUT2D eigenvalue weighted by molar-refractivity contribution is 7.98. The SMILES string of the molecule is Cc1cc(C)c(C2C(C#N)=C(N)N(c3cc([N+](=O)[O-])ccc3C)C3=C2C(=O)CCC3)cc1CSc1ccc(F)cc1. The van der Waals surface area contributed by atoms with Crippen molar-refractivity contribution in [1.82, 2.24) is 0 Å². The molecule has 0 fully saturated rings. The monoisotopic (exact) mass is 568 g/mol. The Labute approximate surface area is 242 Å². The number of halogens is 1. The summed E-state index contributed by atoms with van der Waals surface area (Å²) in [6, 6.07) is 17.3. The number of thioether (sulfide) groups is 1. The first-order chi connectivity index (χ1) is 19.6. The number of Topliss-reactive ketones (excluding diaryl/α,β-unsaturated/α-hetero) is 1. The quantitative estimate of drug-likeness (QED) is 0.189. The van der Waals surface area contributed by atoms with E-state index in [1.165, 1.54) is 24.3 Å². The van der Waals surface area contributed by atoms with Crippen LogP contribution in [0.3, 0.4) is 0 Å². The van der Waals surface area contributed by atoms with Gasteiger partial charge in [0.05, 0.1) is 28.2 Å². The number of nitrogens with two attached hydrogens (primary N) is 1. The van der Waals surface area contributed by atoms with Crippen molar-refractivity contribution in [3.63, 3.8) is 0 Å². The molecule has 2 N–H and O–H groups in total. The lowest BCUT2D eigenvalue weighted by Crippen LogP contribution is -2.39. The summed E-state index contributed by atoms with van der Waals surface area (Å²) < 4.78 is 13.4. The van der Waals surface area contributed by atoms with Crippen LogP contribution in [0.2, 0.25) is 0 Å². The van der Waals surface area contributed by atoms with Crippen LogP contribution < -0.4 is 10.6 Å². The van der Waals surface area contributed by atoms with Crippen LogP contribution in [0.5, 0.6) is 0 Å². The summed E-state index contributed by atoms with van der Waals surface area (Å²) in [6.45, 7) is 5.82. The molecule has 1 aliphatic carbocycles. The number of nitriles is 1. The molecule has 0 radical (unpaired) electrons. The molecule has 5 rings (SSSR count). The maximum Gasteiger partial charge on any atom is 0.271 e. The Morgan fingerprint density at radius 3 is 2.49 bits per heavy atom. The van der Waals surface area contributed by atoms with Crippen molar-refractivity contribution in [3.05, 3.63) is 121 Å². The second-order valence-electron chi connectivity index (χ2n) is 10.4. The van der Waals surface area contributed by atoms with E-state index in [1.54, 1.807) is 34.9 Å². The Bertz CT molecular complexity index is 1690. The van der Waals surface area contributed by atoms with E-state index in [2.05, 4.69) is 18.2 Å². The molecule has 1 atom stereocenters. The Balaban J connectivity index is 1.65. The molecule has 0 bridgehead atoms. The number of benzene rings is 3. The second-order valence-corrected chi connectivity index (χ2v) is 11.5. The summed E-state index contributed by atoms with van der Waals surface area (Å²) in [7, 11) is 0. The molecule has 0 spiro atoms. The number of nitro groups is 1. The van der Waals surface area contributed by atoms with Crippen LogP contribution in [0.25, 0.3) is 0 Å². The van der Waals surface area contributed by atoms with Gasteiger partial charge in [-0.05, 0) is 85.7 Å². The van der Waals surface area contributed by atoms with Gasteiger partial charge in [0.15, 0.2) is 5.78 Å². The fourth-order valence-corrected chi connectivity index (χ4v) is 6.66. The molecule has 1 heterocycles. The molecular formula is C32H29FN4O3S. The number of non-ortho nitro benzene ring substituents is 1. The van der Waals surface area contributed by atoms with Crippen LogP contribution in [0, 0.1) is 48.0 Å². The maximum atomic E-state index is 13.6. The summed E-state index contributed by atoms with van der Waals surface area (Å²) >= 11 is 1.58. The average molecular weight is 569 g/mol. The molecule has 2 aliphatic rings. The van der Waals surface area contributed by atoms with Crippen LogP contribution in [0.15, 0.2) is 82.2 Å². The highest BCUT2D eigenvalue weighted by atomic mass is 32.2. The number of rotatable bonds is 6. The molecule has 7 nitrogen and oxygen atoms in total. The Hall–Kier alpha value is -4.42. The van der Waals surface area contributed by atoms with E-state index in [4.69, 9.17) is 5.73 Å². The number of nitro benzene ring substituents is 1.